The maximum absolute atomic E-state index is 12.0. The van der Waals surface area contributed by atoms with E-state index in [0.29, 0.717) is 25.7 Å². The van der Waals surface area contributed by atoms with Gasteiger partial charge in [0.1, 0.15) is 0 Å². The lowest BCUT2D eigenvalue weighted by Crippen LogP contribution is -2.50. The van der Waals surface area contributed by atoms with E-state index in [1.54, 1.807) is 6.08 Å². The highest BCUT2D eigenvalue weighted by Gasteiger charge is 2.68. The highest BCUT2D eigenvalue weighted by Crippen LogP contribution is 2.62. The molecule has 1 aliphatic heterocycles. The molecule has 1 saturated heterocycles. The molecule has 0 aromatic carbocycles. The average Bonchev–Trinajstić information content (AvgIpc) is 2.57. The number of hydrogen-bond donors (Lipinski definition) is 2. The van der Waals surface area contributed by atoms with E-state index >= 15 is 0 Å². The van der Waals surface area contributed by atoms with Gasteiger partial charge in [-0.3, -0.25) is 4.79 Å². The van der Waals surface area contributed by atoms with Crippen LogP contribution in [0.3, 0.4) is 0 Å². The minimum atomic E-state index is -0.863. The van der Waals surface area contributed by atoms with Crippen molar-refractivity contribution in [3.63, 3.8) is 0 Å². The van der Waals surface area contributed by atoms with Crippen LogP contribution >= 0.6 is 0 Å². The monoisotopic (exact) mass is 268 g/mol. The van der Waals surface area contributed by atoms with Gasteiger partial charge in [-0.05, 0) is 38.5 Å². The van der Waals surface area contributed by atoms with Gasteiger partial charge >= 0.3 is 5.97 Å². The number of carboxylic acids is 1. The van der Waals surface area contributed by atoms with Gasteiger partial charge in [-0.1, -0.05) is 19.4 Å². The number of ether oxygens (including phenoxy) is 1. The summed E-state index contributed by atoms with van der Waals surface area (Å²) < 4.78 is 6.25. The Bertz CT molecular complexity index is 380. The molecule has 0 aromatic rings. The van der Waals surface area contributed by atoms with E-state index < -0.39 is 22.6 Å². The van der Waals surface area contributed by atoms with Crippen LogP contribution in [-0.4, -0.2) is 34.0 Å². The molecule has 2 bridgehead atoms. The molecule has 1 aliphatic carbocycles. The first-order valence-corrected chi connectivity index (χ1v) is 7.15. The van der Waals surface area contributed by atoms with Gasteiger partial charge in [-0.2, -0.15) is 0 Å². The Kier molecular flexibility index (Phi) is 3.76. The molecule has 3 atom stereocenters. The molecule has 0 aromatic heterocycles. The van der Waals surface area contributed by atoms with Crippen LogP contribution in [0.4, 0.5) is 0 Å². The summed E-state index contributed by atoms with van der Waals surface area (Å²) in [5.41, 5.74) is -2.22. The summed E-state index contributed by atoms with van der Waals surface area (Å²) in [7, 11) is 0. The van der Waals surface area contributed by atoms with Crippen LogP contribution in [0, 0.1) is 5.41 Å². The summed E-state index contributed by atoms with van der Waals surface area (Å²) in [5.74, 6) is -0.780. The molecule has 0 amide bonds. The molecular formula is C15H24O4. The molecule has 3 unspecified atom stereocenters. The SMILES string of the molecule is C=CCC1(CCC)OC2(CO)CCCC1(C(=O)O)C2. The molecule has 2 rings (SSSR count). The molecule has 0 spiro atoms. The third-order valence-electron chi connectivity index (χ3n) is 4.97. The zero-order valence-corrected chi connectivity index (χ0v) is 11.7. The first-order valence-electron chi connectivity index (χ1n) is 7.15. The fraction of sp³-hybridized carbons (Fsp3) is 0.800. The molecule has 4 nitrogen and oxygen atoms in total. The van der Waals surface area contributed by atoms with E-state index in [4.69, 9.17) is 4.74 Å². The molecule has 108 valence electrons. The van der Waals surface area contributed by atoms with Crippen LogP contribution in [0.2, 0.25) is 0 Å². The summed E-state index contributed by atoms with van der Waals surface area (Å²) in [5, 5.41) is 19.5. The molecule has 2 fully saturated rings. The Labute approximate surface area is 114 Å². The Balaban J connectivity index is 2.50. The number of carbonyl (C=O) groups is 1. The summed E-state index contributed by atoms with van der Waals surface area (Å²) in [6.07, 6.45) is 6.48. The Morgan fingerprint density at radius 1 is 1.47 bits per heavy atom. The normalized spacial score (nSPS) is 41.2. The number of rotatable bonds is 6. The second kappa shape index (κ2) is 4.91. The highest BCUT2D eigenvalue weighted by atomic mass is 16.5. The first kappa shape index (κ1) is 14.5. The predicted octanol–water partition coefficient (Wildman–Crippen LogP) is 2.51. The molecule has 19 heavy (non-hydrogen) atoms. The van der Waals surface area contributed by atoms with Gasteiger partial charge in [-0.25, -0.2) is 0 Å². The first-order chi connectivity index (χ1) is 9.00. The topological polar surface area (TPSA) is 66.8 Å². The lowest BCUT2D eigenvalue weighted by Gasteiger charge is -2.41. The van der Waals surface area contributed by atoms with Crippen molar-refractivity contribution in [1.29, 1.82) is 0 Å². The van der Waals surface area contributed by atoms with Crippen LogP contribution in [-0.2, 0) is 9.53 Å². The van der Waals surface area contributed by atoms with Crippen molar-refractivity contribution in [3.05, 3.63) is 12.7 Å². The second-order valence-corrected chi connectivity index (χ2v) is 6.10. The van der Waals surface area contributed by atoms with Gasteiger partial charge < -0.3 is 14.9 Å². The number of fused-ring (bicyclic) bond motifs is 2. The standard InChI is InChI=1S/C15H24O4/c1-3-6-15(7-4-2)14(12(17)18)9-5-8-13(10-14,11-16)19-15/h3,16H,1,4-11H2,2H3,(H,17,18). The molecule has 4 heteroatoms. The van der Waals surface area contributed by atoms with E-state index in [2.05, 4.69) is 6.58 Å². The van der Waals surface area contributed by atoms with Crippen molar-refractivity contribution in [2.45, 2.75) is 63.1 Å². The number of aliphatic hydroxyl groups is 1. The number of aliphatic carboxylic acids is 1. The number of carboxylic acid groups (broad SMARTS) is 1. The molecule has 1 saturated carbocycles. The molecule has 1 heterocycles. The largest absolute Gasteiger partial charge is 0.481 e. The predicted molar refractivity (Wildman–Crippen MR) is 71.9 cm³/mol. The van der Waals surface area contributed by atoms with Gasteiger partial charge in [0.2, 0.25) is 0 Å². The Morgan fingerprint density at radius 3 is 2.74 bits per heavy atom. The van der Waals surface area contributed by atoms with Gasteiger partial charge in [0, 0.05) is 0 Å². The van der Waals surface area contributed by atoms with Crippen molar-refractivity contribution in [2.24, 2.45) is 5.41 Å². The van der Waals surface area contributed by atoms with E-state index in [-0.39, 0.29) is 6.61 Å². The van der Waals surface area contributed by atoms with Crippen LogP contribution < -0.4 is 0 Å². The zero-order chi connectivity index (χ0) is 14.1. The highest BCUT2D eigenvalue weighted by molar-refractivity contribution is 5.77. The van der Waals surface area contributed by atoms with Crippen LogP contribution in [0.1, 0.15) is 51.9 Å². The van der Waals surface area contributed by atoms with Gasteiger partial charge in [-0.15, -0.1) is 6.58 Å². The number of aliphatic hydroxyl groups excluding tert-OH is 1. The third-order valence-corrected chi connectivity index (χ3v) is 4.97. The second-order valence-electron chi connectivity index (χ2n) is 6.10. The van der Waals surface area contributed by atoms with Gasteiger partial charge in [0.25, 0.3) is 0 Å². The zero-order valence-electron chi connectivity index (χ0n) is 11.7. The minimum absolute atomic E-state index is 0.0926. The molecular weight excluding hydrogens is 244 g/mol. The molecule has 2 aliphatic rings. The maximum atomic E-state index is 12.0. The summed E-state index contributed by atoms with van der Waals surface area (Å²) in [6.45, 7) is 5.72. The Hall–Kier alpha value is -0.870. The summed E-state index contributed by atoms with van der Waals surface area (Å²) >= 11 is 0. The third kappa shape index (κ3) is 1.93. The lowest BCUT2D eigenvalue weighted by molar-refractivity contribution is -0.168. The maximum Gasteiger partial charge on any atom is 0.312 e. The van der Waals surface area contributed by atoms with E-state index in [0.717, 1.165) is 19.3 Å². The minimum Gasteiger partial charge on any atom is -0.481 e. The average molecular weight is 268 g/mol. The van der Waals surface area contributed by atoms with Crippen molar-refractivity contribution >= 4 is 5.97 Å². The van der Waals surface area contributed by atoms with Crippen molar-refractivity contribution in [1.82, 2.24) is 0 Å². The fourth-order valence-corrected chi connectivity index (χ4v) is 4.24. The van der Waals surface area contributed by atoms with Crippen LogP contribution in [0.5, 0.6) is 0 Å². The van der Waals surface area contributed by atoms with Crippen LogP contribution in [0.15, 0.2) is 12.7 Å². The number of hydrogen-bond acceptors (Lipinski definition) is 3. The smallest absolute Gasteiger partial charge is 0.312 e. The van der Waals surface area contributed by atoms with Crippen LogP contribution in [0.25, 0.3) is 0 Å². The Morgan fingerprint density at radius 2 is 2.21 bits per heavy atom. The van der Waals surface area contributed by atoms with E-state index in [1.807, 2.05) is 6.92 Å². The summed E-state index contributed by atoms with van der Waals surface area (Å²) in [6, 6.07) is 0. The van der Waals surface area contributed by atoms with E-state index in [1.165, 1.54) is 0 Å². The molecule has 2 N–H and O–H groups in total. The molecule has 0 radical (unpaired) electrons. The quantitative estimate of drug-likeness (QED) is 0.726. The van der Waals surface area contributed by atoms with Crippen molar-refractivity contribution < 1.29 is 19.7 Å². The lowest BCUT2D eigenvalue weighted by atomic mass is 9.60. The van der Waals surface area contributed by atoms with E-state index in [9.17, 15) is 15.0 Å². The van der Waals surface area contributed by atoms with Gasteiger partial charge in [0.15, 0.2) is 0 Å². The fourth-order valence-electron chi connectivity index (χ4n) is 4.24. The van der Waals surface area contributed by atoms with Crippen molar-refractivity contribution in [3.8, 4) is 0 Å². The van der Waals surface area contributed by atoms with Gasteiger partial charge in [0.05, 0.1) is 23.2 Å². The summed E-state index contributed by atoms with van der Waals surface area (Å²) in [4.78, 5) is 12.0. The van der Waals surface area contributed by atoms with Crippen molar-refractivity contribution in [2.75, 3.05) is 6.61 Å².